The fourth-order valence-corrected chi connectivity index (χ4v) is 7.98. The van der Waals surface area contributed by atoms with Crippen molar-refractivity contribution in [1.82, 2.24) is 4.90 Å². The fourth-order valence-electron chi connectivity index (χ4n) is 7.98. The molecule has 6 aliphatic rings. The Labute approximate surface area is 215 Å². The number of morpholine rings is 1. The van der Waals surface area contributed by atoms with E-state index in [1.54, 1.807) is 7.11 Å². The van der Waals surface area contributed by atoms with E-state index < -0.39 is 11.4 Å². The number of rotatable bonds is 9. The third-order valence-corrected chi connectivity index (χ3v) is 9.73. The highest BCUT2D eigenvalue weighted by atomic mass is 17.2. The number of methoxy groups -OCH3 is 1. The summed E-state index contributed by atoms with van der Waals surface area (Å²) in [5, 5.41) is 10.9. The minimum absolute atomic E-state index is 0.108. The first-order valence-electron chi connectivity index (χ1n) is 14.2. The van der Waals surface area contributed by atoms with Crippen LogP contribution in [0.5, 0.6) is 5.75 Å². The molecule has 36 heavy (non-hydrogen) atoms. The number of hydrogen-bond acceptors (Lipinski definition) is 7. The van der Waals surface area contributed by atoms with E-state index in [1.807, 2.05) is 0 Å². The first kappa shape index (κ1) is 25.1. The number of nitrogens with zero attached hydrogens (tertiary/aromatic N) is 1. The Kier molecular flexibility index (Phi) is 7.32. The number of hydrogen-bond donors (Lipinski definition) is 1. The van der Waals surface area contributed by atoms with Crippen molar-refractivity contribution in [2.45, 2.75) is 81.2 Å². The lowest BCUT2D eigenvalue weighted by molar-refractivity contribution is -0.490. The Hall–Kier alpha value is -1.22. The Bertz CT molecular complexity index is 847. The lowest BCUT2D eigenvalue weighted by Gasteiger charge is -2.61. The zero-order valence-corrected chi connectivity index (χ0v) is 21.7. The summed E-state index contributed by atoms with van der Waals surface area (Å²) in [5.74, 6) is 1.88. The molecule has 1 aliphatic heterocycles. The minimum Gasteiger partial charge on any atom is -0.492 e. The van der Waals surface area contributed by atoms with Gasteiger partial charge in [0, 0.05) is 38.6 Å². The molecule has 0 spiro atoms. The molecule has 1 aromatic rings. The summed E-state index contributed by atoms with van der Waals surface area (Å²) in [5.41, 5.74) is 0.876. The van der Waals surface area contributed by atoms with E-state index in [1.165, 1.54) is 5.56 Å². The molecule has 0 radical (unpaired) electrons. The maximum absolute atomic E-state index is 10.9. The van der Waals surface area contributed by atoms with Gasteiger partial charge in [0.25, 0.3) is 0 Å². The molecule has 5 saturated carbocycles. The standard InChI is InChI=1S/C29H43NO6/c1-32-29(24-16-21-17-25(29)20-28(31,18-21)19-24)36-35-27-8-4-23(5-9-27)22-2-6-26(7-3-22)34-15-12-30-10-13-33-14-11-30/h2-3,6-7,21,23-25,27,31H,4-5,8-20H2,1H3. The second-order valence-electron chi connectivity index (χ2n) is 12.0. The summed E-state index contributed by atoms with van der Waals surface area (Å²) in [6.45, 7) is 5.31. The van der Waals surface area contributed by atoms with Gasteiger partial charge in [0.15, 0.2) is 0 Å². The molecule has 7 nitrogen and oxygen atoms in total. The summed E-state index contributed by atoms with van der Waals surface area (Å²) in [7, 11) is 1.75. The van der Waals surface area contributed by atoms with Crippen molar-refractivity contribution in [2.75, 3.05) is 46.6 Å². The molecular formula is C29H43NO6. The smallest absolute Gasteiger partial charge is 0.207 e. The molecule has 4 bridgehead atoms. The van der Waals surface area contributed by atoms with E-state index in [0.29, 0.717) is 18.4 Å². The zero-order chi connectivity index (χ0) is 24.6. The maximum atomic E-state index is 10.9. The second-order valence-corrected chi connectivity index (χ2v) is 12.0. The molecule has 2 unspecified atom stereocenters. The largest absolute Gasteiger partial charge is 0.492 e. The van der Waals surface area contributed by atoms with E-state index in [-0.39, 0.29) is 17.9 Å². The van der Waals surface area contributed by atoms with E-state index in [0.717, 1.165) is 96.4 Å². The Morgan fingerprint density at radius 2 is 1.67 bits per heavy atom. The highest BCUT2D eigenvalue weighted by Gasteiger charge is 2.64. The highest BCUT2D eigenvalue weighted by Crippen LogP contribution is 2.61. The molecule has 0 amide bonds. The van der Waals surface area contributed by atoms with E-state index in [2.05, 4.69) is 29.2 Å². The van der Waals surface area contributed by atoms with Gasteiger partial charge in [0.05, 0.1) is 24.9 Å². The van der Waals surface area contributed by atoms with Gasteiger partial charge in [-0.15, -0.1) is 0 Å². The quantitative estimate of drug-likeness (QED) is 0.308. The van der Waals surface area contributed by atoms with Crippen molar-refractivity contribution < 1.29 is 29.1 Å². The zero-order valence-electron chi connectivity index (χ0n) is 21.7. The van der Waals surface area contributed by atoms with Gasteiger partial charge < -0.3 is 19.3 Å². The summed E-state index contributed by atoms with van der Waals surface area (Å²) in [4.78, 5) is 14.7. The summed E-state index contributed by atoms with van der Waals surface area (Å²) >= 11 is 0. The van der Waals surface area contributed by atoms with Crippen molar-refractivity contribution in [3.05, 3.63) is 29.8 Å². The molecule has 5 aliphatic carbocycles. The number of aliphatic hydroxyl groups is 1. The average molecular weight is 502 g/mol. The molecule has 2 atom stereocenters. The van der Waals surface area contributed by atoms with Gasteiger partial charge in [-0.1, -0.05) is 12.1 Å². The molecule has 1 heterocycles. The molecule has 200 valence electrons. The van der Waals surface area contributed by atoms with Crippen molar-refractivity contribution in [2.24, 2.45) is 17.8 Å². The van der Waals surface area contributed by atoms with E-state index >= 15 is 0 Å². The van der Waals surface area contributed by atoms with Crippen LogP contribution in [0.2, 0.25) is 0 Å². The van der Waals surface area contributed by atoms with Crippen LogP contribution in [-0.4, -0.2) is 74.1 Å². The maximum Gasteiger partial charge on any atom is 0.207 e. The van der Waals surface area contributed by atoms with Crippen LogP contribution in [0.25, 0.3) is 0 Å². The SMILES string of the molecule is COC1(OOC2CCC(c3ccc(OCCN4CCOCC4)cc3)CC2)C2CC3CC1CC(O)(C3)C2. The Morgan fingerprint density at radius 3 is 2.31 bits per heavy atom. The predicted octanol–water partition coefficient (Wildman–Crippen LogP) is 4.29. The predicted molar refractivity (Wildman–Crippen MR) is 135 cm³/mol. The van der Waals surface area contributed by atoms with Crippen molar-refractivity contribution >= 4 is 0 Å². The first-order chi connectivity index (χ1) is 17.6. The summed E-state index contributed by atoms with van der Waals surface area (Å²) in [6.07, 6.45) is 8.94. The van der Waals surface area contributed by atoms with Crippen LogP contribution < -0.4 is 4.74 Å². The van der Waals surface area contributed by atoms with E-state index in [4.69, 9.17) is 24.0 Å². The minimum atomic E-state index is -0.683. The number of ether oxygens (including phenoxy) is 3. The Morgan fingerprint density at radius 1 is 0.972 bits per heavy atom. The highest BCUT2D eigenvalue weighted by molar-refractivity contribution is 5.29. The van der Waals surface area contributed by atoms with Crippen LogP contribution in [-0.2, 0) is 19.2 Å². The normalized spacial score (nSPS) is 40.4. The monoisotopic (exact) mass is 501 g/mol. The Balaban J connectivity index is 0.957. The van der Waals surface area contributed by atoms with Gasteiger partial charge in [-0.25, -0.2) is 9.78 Å². The van der Waals surface area contributed by atoms with Gasteiger partial charge >= 0.3 is 0 Å². The molecule has 1 aromatic carbocycles. The average Bonchev–Trinajstić information content (AvgIpc) is 2.89. The third-order valence-electron chi connectivity index (χ3n) is 9.73. The van der Waals surface area contributed by atoms with Crippen LogP contribution in [0.4, 0.5) is 0 Å². The summed E-state index contributed by atoms with van der Waals surface area (Å²) < 4.78 is 17.4. The molecule has 1 saturated heterocycles. The molecule has 6 fully saturated rings. The van der Waals surface area contributed by atoms with Crippen molar-refractivity contribution in [3.63, 3.8) is 0 Å². The van der Waals surface area contributed by atoms with Crippen LogP contribution >= 0.6 is 0 Å². The molecule has 7 heteroatoms. The molecule has 7 rings (SSSR count). The molecule has 1 N–H and O–H groups in total. The van der Waals surface area contributed by atoms with Gasteiger partial charge in [-0.2, -0.15) is 0 Å². The van der Waals surface area contributed by atoms with Crippen LogP contribution in [0.15, 0.2) is 24.3 Å². The number of benzene rings is 1. The second kappa shape index (κ2) is 10.5. The molecular weight excluding hydrogens is 458 g/mol. The van der Waals surface area contributed by atoms with Crippen molar-refractivity contribution in [3.8, 4) is 5.75 Å². The van der Waals surface area contributed by atoms with Crippen molar-refractivity contribution in [1.29, 1.82) is 0 Å². The third kappa shape index (κ3) is 5.07. The lowest BCUT2D eigenvalue weighted by Crippen LogP contribution is -2.65. The lowest BCUT2D eigenvalue weighted by atomic mass is 9.51. The fraction of sp³-hybridized carbons (Fsp3) is 0.793. The van der Waals surface area contributed by atoms with Gasteiger partial charge in [0.2, 0.25) is 5.79 Å². The molecule has 0 aromatic heterocycles. The first-order valence-corrected chi connectivity index (χ1v) is 14.2. The topological polar surface area (TPSA) is 69.6 Å². The van der Waals surface area contributed by atoms with Gasteiger partial charge in [-0.3, -0.25) is 4.90 Å². The van der Waals surface area contributed by atoms with Crippen LogP contribution in [0.1, 0.15) is 69.3 Å². The van der Waals surface area contributed by atoms with Crippen LogP contribution in [0, 0.1) is 17.8 Å². The van der Waals surface area contributed by atoms with Gasteiger partial charge in [-0.05, 0) is 87.3 Å². The summed E-state index contributed by atoms with van der Waals surface area (Å²) in [6, 6.07) is 8.68. The van der Waals surface area contributed by atoms with Gasteiger partial charge in [0.1, 0.15) is 12.4 Å². The van der Waals surface area contributed by atoms with Crippen LogP contribution in [0.3, 0.4) is 0 Å². The van der Waals surface area contributed by atoms with E-state index in [9.17, 15) is 5.11 Å².